The van der Waals surface area contributed by atoms with Gasteiger partial charge in [-0.05, 0) is 98.2 Å². The highest BCUT2D eigenvalue weighted by Gasteiger charge is 2.52. The van der Waals surface area contributed by atoms with E-state index in [4.69, 9.17) is 23.8 Å². The van der Waals surface area contributed by atoms with Gasteiger partial charge in [-0.3, -0.25) is 24.4 Å². The van der Waals surface area contributed by atoms with Crippen molar-refractivity contribution in [2.45, 2.75) is 180 Å². The van der Waals surface area contributed by atoms with Gasteiger partial charge in [0, 0.05) is 75.3 Å². The molecule has 4 heterocycles. The summed E-state index contributed by atoms with van der Waals surface area (Å²) in [6.45, 7) is 16.4. The molecule has 0 aliphatic carbocycles. The summed E-state index contributed by atoms with van der Waals surface area (Å²) >= 11 is 0. The molecule has 1 aromatic carbocycles. The summed E-state index contributed by atoms with van der Waals surface area (Å²) in [6.07, 6.45) is 1.05. The van der Waals surface area contributed by atoms with Crippen LogP contribution in [0, 0.1) is 33.8 Å². The fourth-order valence-corrected chi connectivity index (χ4v) is 9.99. The summed E-state index contributed by atoms with van der Waals surface area (Å²) < 4.78 is 27.1. The molecule has 0 radical (unpaired) electrons. The predicted molar refractivity (Wildman–Crippen MR) is 249 cm³/mol. The second kappa shape index (κ2) is 24.1. The first kappa shape index (κ1) is 54.0. The Labute approximate surface area is 395 Å². The van der Waals surface area contributed by atoms with E-state index in [2.05, 4.69) is 25.7 Å². The lowest BCUT2D eigenvalue weighted by atomic mass is 9.74. The van der Waals surface area contributed by atoms with E-state index in [0.717, 1.165) is 49.9 Å². The standard InChI is InChI=1S/C48H77N7O12/c1-11-39-48(8,60)43(58)31(4)40(51-67-37-16-14-22-49-27-37)29(2)26-47(7,63-10)44(32(5)41(56)33(6)45(59)65-39)66-46-42(57)38(25-30(3)64-46)53(9)24-21-35-28-54(52-50-35)23-13-12-15-34-17-19-36(20-18-34)55(61)62/h17-20,28-33,37-39,42-44,46,49,57-58,60H,11-16,21-27H2,1-10H3/t29-,30-,31+,32+,33-,37-,38+,39-,42-,43-,44-,46+,47-,48-/m1/s1. The van der Waals surface area contributed by atoms with Crippen LogP contribution in [0.1, 0.15) is 112 Å². The fraction of sp³-hybridized carbons (Fsp3) is 0.771. The van der Waals surface area contributed by atoms with Gasteiger partial charge in [-0.2, -0.15) is 0 Å². The number of hydrogen-bond donors (Lipinski definition) is 4. The van der Waals surface area contributed by atoms with Crippen LogP contribution in [0.15, 0.2) is 35.6 Å². The first-order chi connectivity index (χ1) is 31.7. The molecule has 5 rings (SSSR count). The molecule has 0 bridgehead atoms. The van der Waals surface area contributed by atoms with Crippen molar-refractivity contribution in [2.24, 2.45) is 28.8 Å². The SMILES string of the molecule is CC[C@H]1OC(=O)[C@H](C)C(=O)[C@H](C)[C@@H](O[C@@H]2O[C@H](C)C[C@H](N(C)CCc3cn(CCCCc4ccc([N+](=O)[O-])cc4)nn3)[C@H]2O)[C@](C)(OC)C[C@@H](C)C(=NO[C@@H]2CCCNC2)[C@H](C)[C@@H](O)[C@]1(C)O. The van der Waals surface area contributed by atoms with Crippen molar-refractivity contribution in [1.82, 2.24) is 25.2 Å². The highest BCUT2D eigenvalue weighted by Crippen LogP contribution is 2.39. The van der Waals surface area contributed by atoms with Crippen LogP contribution in [0.3, 0.4) is 0 Å². The van der Waals surface area contributed by atoms with Crippen LogP contribution < -0.4 is 5.32 Å². The monoisotopic (exact) mass is 944 g/mol. The molecule has 1 aromatic heterocycles. The second-order valence-corrected chi connectivity index (χ2v) is 19.7. The van der Waals surface area contributed by atoms with E-state index in [1.807, 2.05) is 38.7 Å². The number of ketones is 1. The van der Waals surface area contributed by atoms with Gasteiger partial charge in [-0.1, -0.05) is 50.2 Å². The van der Waals surface area contributed by atoms with Crippen LogP contribution in [0.5, 0.6) is 0 Å². The van der Waals surface area contributed by atoms with Crippen LogP contribution in [0.25, 0.3) is 0 Å². The van der Waals surface area contributed by atoms with Crippen LogP contribution in [0.4, 0.5) is 5.69 Å². The Morgan fingerprint density at radius 3 is 2.43 bits per heavy atom. The topological polar surface area (TPSA) is 242 Å². The van der Waals surface area contributed by atoms with E-state index >= 15 is 0 Å². The molecular weight excluding hydrogens is 867 g/mol. The van der Waals surface area contributed by atoms with Crippen molar-refractivity contribution in [2.75, 3.05) is 33.8 Å². The molecule has 0 saturated carbocycles. The summed E-state index contributed by atoms with van der Waals surface area (Å²) in [6, 6.07) is 6.22. The minimum absolute atomic E-state index is 0.0775. The van der Waals surface area contributed by atoms with Crippen LogP contribution in [-0.2, 0) is 52.8 Å². The van der Waals surface area contributed by atoms with Gasteiger partial charge < -0.3 is 49.3 Å². The number of piperidine rings is 1. The van der Waals surface area contributed by atoms with E-state index in [0.29, 0.717) is 38.2 Å². The Morgan fingerprint density at radius 2 is 1.79 bits per heavy atom. The van der Waals surface area contributed by atoms with Crippen LogP contribution >= 0.6 is 0 Å². The number of aliphatic hydroxyl groups excluding tert-OH is 2. The zero-order chi connectivity index (χ0) is 49.2. The van der Waals surface area contributed by atoms with E-state index in [1.165, 1.54) is 33.1 Å². The van der Waals surface area contributed by atoms with E-state index < -0.39 is 88.3 Å². The number of nitrogens with zero attached hydrogens (tertiary/aromatic N) is 6. The number of esters is 1. The van der Waals surface area contributed by atoms with Gasteiger partial charge >= 0.3 is 5.97 Å². The van der Waals surface area contributed by atoms with Crippen LogP contribution in [0.2, 0.25) is 0 Å². The molecule has 19 heteroatoms. The number of oxime groups is 1. The Hall–Kier alpha value is -3.95. The summed E-state index contributed by atoms with van der Waals surface area (Å²) in [4.78, 5) is 46.9. The number of cyclic esters (lactones) is 1. The van der Waals surface area contributed by atoms with Crippen molar-refractivity contribution >= 4 is 23.2 Å². The Balaban J connectivity index is 1.33. The summed E-state index contributed by atoms with van der Waals surface area (Å²) in [5, 5.41) is 63.5. The van der Waals surface area contributed by atoms with E-state index in [1.54, 1.807) is 32.9 Å². The molecule has 3 aliphatic rings. The molecule has 19 nitrogen and oxygen atoms in total. The largest absolute Gasteiger partial charge is 0.459 e. The molecule has 0 unspecified atom stereocenters. The lowest BCUT2D eigenvalue weighted by Gasteiger charge is -2.47. The lowest BCUT2D eigenvalue weighted by molar-refractivity contribution is -0.384. The van der Waals surface area contributed by atoms with Crippen molar-refractivity contribution in [3.8, 4) is 0 Å². The smallest absolute Gasteiger partial charge is 0.316 e. The number of aryl methyl sites for hydroxylation is 2. The molecule has 376 valence electrons. The third-order valence-corrected chi connectivity index (χ3v) is 14.4. The molecule has 3 saturated heterocycles. The van der Waals surface area contributed by atoms with Crippen molar-refractivity contribution < 1.29 is 53.6 Å². The number of nitro groups is 1. The van der Waals surface area contributed by atoms with Crippen molar-refractivity contribution in [3.05, 3.63) is 51.8 Å². The average Bonchev–Trinajstić information content (AvgIpc) is 3.77. The molecular formula is C48H77N7O12. The van der Waals surface area contributed by atoms with E-state index in [-0.39, 0.29) is 30.7 Å². The van der Waals surface area contributed by atoms with Gasteiger partial charge in [-0.15, -0.1) is 5.10 Å². The number of benzene rings is 1. The number of nitro benzene ring substituents is 1. The van der Waals surface area contributed by atoms with Gasteiger partial charge in [0.25, 0.3) is 5.69 Å². The minimum atomic E-state index is -1.92. The molecule has 67 heavy (non-hydrogen) atoms. The molecule has 2 aromatic rings. The number of carbonyl (C=O) groups is 2. The van der Waals surface area contributed by atoms with Gasteiger partial charge in [0.05, 0.1) is 40.2 Å². The number of non-ortho nitro benzene ring substituents is 1. The average molecular weight is 944 g/mol. The second-order valence-electron chi connectivity index (χ2n) is 19.7. The molecule has 4 N–H and O–H groups in total. The van der Waals surface area contributed by atoms with Crippen LogP contribution in [-0.4, -0.2) is 152 Å². The maximum absolute atomic E-state index is 14.4. The quantitative estimate of drug-likeness (QED) is 0.0599. The van der Waals surface area contributed by atoms with Crippen molar-refractivity contribution in [1.29, 1.82) is 0 Å². The number of aliphatic hydroxyl groups is 3. The summed E-state index contributed by atoms with van der Waals surface area (Å²) in [7, 11) is 3.45. The molecule has 0 amide bonds. The zero-order valence-corrected chi connectivity index (χ0v) is 41.2. The Morgan fingerprint density at radius 1 is 1.07 bits per heavy atom. The molecule has 3 fully saturated rings. The normalized spacial score (nSPS) is 35.6. The fourth-order valence-electron chi connectivity index (χ4n) is 9.99. The summed E-state index contributed by atoms with van der Waals surface area (Å²) in [5.41, 5.74) is -0.812. The first-order valence-electron chi connectivity index (χ1n) is 24.2. The number of methoxy groups -OCH3 is 1. The maximum Gasteiger partial charge on any atom is 0.316 e. The van der Waals surface area contributed by atoms with Gasteiger partial charge in [0.15, 0.2) is 12.1 Å². The third kappa shape index (κ3) is 13.6. The Kier molecular flexibility index (Phi) is 19.4. The minimum Gasteiger partial charge on any atom is -0.459 e. The van der Waals surface area contributed by atoms with Gasteiger partial charge in [-0.25, -0.2) is 0 Å². The lowest BCUT2D eigenvalue weighted by Crippen LogP contribution is -2.60. The number of unbranched alkanes of at least 4 members (excludes halogenated alkanes) is 1. The maximum atomic E-state index is 14.4. The predicted octanol–water partition coefficient (Wildman–Crippen LogP) is 4.41. The van der Waals surface area contributed by atoms with Gasteiger partial charge in [0.1, 0.15) is 29.8 Å². The third-order valence-electron chi connectivity index (χ3n) is 14.4. The number of Topliss-reactive ketones (excluding diaryl/α,β-unsaturated/α-hetero) is 1. The number of aromatic nitrogens is 3. The number of rotatable bonds is 16. The number of likely N-dealkylation sites (N-methyl/N-ethyl adjacent to an activating group) is 1. The van der Waals surface area contributed by atoms with Gasteiger partial charge in [0.2, 0.25) is 0 Å². The highest BCUT2D eigenvalue weighted by atomic mass is 16.7. The highest BCUT2D eigenvalue weighted by molar-refractivity contribution is 6.00. The molecule has 14 atom stereocenters. The number of ether oxygens (including phenoxy) is 4. The van der Waals surface area contributed by atoms with Crippen molar-refractivity contribution in [3.63, 3.8) is 0 Å². The Bertz CT molecular complexity index is 1940. The molecule has 3 aliphatic heterocycles. The summed E-state index contributed by atoms with van der Waals surface area (Å²) in [5.74, 6) is -4.83. The number of carbonyl (C=O) groups excluding carboxylic acids is 2. The van der Waals surface area contributed by atoms with E-state index in [9.17, 15) is 35.0 Å². The number of nitrogens with one attached hydrogen (secondary N) is 1. The molecule has 0 spiro atoms. The number of hydrogen-bond acceptors (Lipinski definition) is 17. The first-order valence-corrected chi connectivity index (χ1v) is 24.2. The zero-order valence-electron chi connectivity index (χ0n) is 41.2.